The highest BCUT2D eigenvalue weighted by Crippen LogP contribution is 1.94. The standard InChI is InChI=1S/C9H14N4O5/c1-5-11-7(18-13-5)3-10-9(16)12-6(4-17-2)8(14)15/h6H,3-4H2,1-2H3,(H,14,15)(H2,10,12,16). The van der Waals surface area contributed by atoms with Crippen LogP contribution in [-0.2, 0) is 16.1 Å². The third-order valence-electron chi connectivity index (χ3n) is 1.91. The van der Waals surface area contributed by atoms with Crippen molar-refractivity contribution in [1.82, 2.24) is 20.8 Å². The van der Waals surface area contributed by atoms with Crippen molar-refractivity contribution in [2.24, 2.45) is 0 Å². The third kappa shape index (κ3) is 4.37. The highest BCUT2D eigenvalue weighted by atomic mass is 16.5. The maximum absolute atomic E-state index is 11.4. The number of rotatable bonds is 6. The van der Waals surface area contributed by atoms with Crippen molar-refractivity contribution >= 4 is 12.0 Å². The number of carboxylic acids is 1. The highest BCUT2D eigenvalue weighted by Gasteiger charge is 2.19. The molecule has 0 saturated carbocycles. The molecule has 0 fully saturated rings. The lowest BCUT2D eigenvalue weighted by Gasteiger charge is -2.13. The largest absolute Gasteiger partial charge is 0.480 e. The number of hydrogen-bond donors (Lipinski definition) is 3. The molecule has 0 aliphatic carbocycles. The van der Waals surface area contributed by atoms with Gasteiger partial charge < -0.3 is 25.0 Å². The van der Waals surface area contributed by atoms with Crippen molar-refractivity contribution in [3.8, 4) is 0 Å². The summed E-state index contributed by atoms with van der Waals surface area (Å²) in [6.07, 6.45) is 0. The molecule has 100 valence electrons. The first-order chi connectivity index (χ1) is 8.52. The van der Waals surface area contributed by atoms with Crippen molar-refractivity contribution in [1.29, 1.82) is 0 Å². The number of nitrogens with zero attached hydrogens (tertiary/aromatic N) is 2. The van der Waals surface area contributed by atoms with Gasteiger partial charge in [-0.3, -0.25) is 0 Å². The fraction of sp³-hybridized carbons (Fsp3) is 0.556. The fourth-order valence-corrected chi connectivity index (χ4v) is 1.12. The summed E-state index contributed by atoms with van der Waals surface area (Å²) in [7, 11) is 1.34. The van der Waals surface area contributed by atoms with E-state index in [9.17, 15) is 9.59 Å². The predicted octanol–water partition coefficient (Wildman–Crippen LogP) is -0.723. The zero-order valence-electron chi connectivity index (χ0n) is 9.97. The molecule has 18 heavy (non-hydrogen) atoms. The van der Waals surface area contributed by atoms with Crippen LogP contribution in [0.2, 0.25) is 0 Å². The number of carboxylic acid groups (broad SMARTS) is 1. The van der Waals surface area contributed by atoms with E-state index in [2.05, 4.69) is 25.5 Å². The minimum atomic E-state index is -1.18. The molecule has 0 radical (unpaired) electrons. The lowest BCUT2D eigenvalue weighted by atomic mass is 10.3. The Morgan fingerprint density at radius 2 is 2.28 bits per heavy atom. The summed E-state index contributed by atoms with van der Waals surface area (Å²) in [4.78, 5) is 26.0. The maximum Gasteiger partial charge on any atom is 0.328 e. The van der Waals surface area contributed by atoms with E-state index in [1.165, 1.54) is 7.11 Å². The zero-order chi connectivity index (χ0) is 13.5. The molecule has 0 bridgehead atoms. The molecule has 1 heterocycles. The van der Waals surface area contributed by atoms with Crippen molar-refractivity contribution < 1.29 is 24.0 Å². The normalized spacial score (nSPS) is 11.9. The van der Waals surface area contributed by atoms with E-state index in [0.717, 1.165) is 0 Å². The van der Waals surface area contributed by atoms with Gasteiger partial charge in [-0.2, -0.15) is 4.98 Å². The number of carbonyl (C=O) groups is 2. The van der Waals surface area contributed by atoms with Crippen molar-refractivity contribution in [3.05, 3.63) is 11.7 Å². The average molecular weight is 258 g/mol. The number of aromatic nitrogens is 2. The van der Waals surface area contributed by atoms with Crippen LogP contribution >= 0.6 is 0 Å². The average Bonchev–Trinajstić information content (AvgIpc) is 2.72. The molecule has 1 atom stereocenters. The van der Waals surface area contributed by atoms with Crippen LogP contribution in [0.1, 0.15) is 11.7 Å². The summed E-state index contributed by atoms with van der Waals surface area (Å²) >= 11 is 0. The smallest absolute Gasteiger partial charge is 0.328 e. The first kappa shape index (κ1) is 13.9. The molecule has 1 aromatic heterocycles. The molecule has 3 N–H and O–H groups in total. The molecule has 0 spiro atoms. The Hall–Kier alpha value is -2.16. The van der Waals surface area contributed by atoms with Crippen LogP contribution in [0, 0.1) is 6.92 Å². The first-order valence-corrected chi connectivity index (χ1v) is 5.08. The number of hydrogen-bond acceptors (Lipinski definition) is 6. The summed E-state index contributed by atoms with van der Waals surface area (Å²) in [5.74, 6) is -0.489. The number of ether oxygens (including phenoxy) is 1. The topological polar surface area (TPSA) is 127 Å². The van der Waals surface area contributed by atoms with Gasteiger partial charge in [0.25, 0.3) is 0 Å². The number of nitrogens with one attached hydrogen (secondary N) is 2. The Balaban J connectivity index is 2.38. The van der Waals surface area contributed by atoms with Gasteiger partial charge in [0.15, 0.2) is 11.9 Å². The molecule has 9 heteroatoms. The molecule has 1 unspecified atom stereocenters. The van der Waals surface area contributed by atoms with Gasteiger partial charge in [-0.15, -0.1) is 0 Å². The van der Waals surface area contributed by atoms with Crippen LogP contribution in [0.4, 0.5) is 4.79 Å². The van der Waals surface area contributed by atoms with Crippen LogP contribution < -0.4 is 10.6 Å². The van der Waals surface area contributed by atoms with Crippen molar-refractivity contribution in [2.75, 3.05) is 13.7 Å². The fourth-order valence-electron chi connectivity index (χ4n) is 1.12. The summed E-state index contributed by atoms with van der Waals surface area (Å²) in [5.41, 5.74) is 0. The Kier molecular flexibility index (Phi) is 5.06. The van der Waals surface area contributed by atoms with E-state index in [1.807, 2.05) is 0 Å². The lowest BCUT2D eigenvalue weighted by Crippen LogP contribution is -2.48. The van der Waals surface area contributed by atoms with Gasteiger partial charge in [-0.1, -0.05) is 5.16 Å². The molecule has 0 aromatic carbocycles. The van der Waals surface area contributed by atoms with Crippen LogP contribution in [-0.4, -0.2) is 47.0 Å². The molecule has 1 rings (SSSR count). The van der Waals surface area contributed by atoms with Crippen LogP contribution in [0.3, 0.4) is 0 Å². The second-order valence-corrected chi connectivity index (χ2v) is 3.41. The second-order valence-electron chi connectivity index (χ2n) is 3.41. The monoisotopic (exact) mass is 258 g/mol. The number of methoxy groups -OCH3 is 1. The number of amides is 2. The summed E-state index contributed by atoms with van der Waals surface area (Å²) < 4.78 is 9.44. The van der Waals surface area contributed by atoms with E-state index in [1.54, 1.807) is 6.92 Å². The van der Waals surface area contributed by atoms with E-state index in [0.29, 0.717) is 5.82 Å². The summed E-state index contributed by atoms with van der Waals surface area (Å²) in [5, 5.41) is 16.9. The van der Waals surface area contributed by atoms with Crippen LogP contribution in [0.15, 0.2) is 4.52 Å². The molecular weight excluding hydrogens is 244 g/mol. The minimum absolute atomic E-state index is 0.0198. The highest BCUT2D eigenvalue weighted by molar-refractivity contribution is 5.82. The number of urea groups is 1. The van der Waals surface area contributed by atoms with Crippen LogP contribution in [0.5, 0.6) is 0 Å². The molecule has 2 amide bonds. The molecule has 1 aromatic rings. The minimum Gasteiger partial charge on any atom is -0.480 e. The quantitative estimate of drug-likeness (QED) is 0.614. The molecule has 0 aliphatic rings. The number of aryl methyl sites for hydroxylation is 1. The maximum atomic E-state index is 11.4. The van der Waals surface area contributed by atoms with Gasteiger partial charge in [-0.05, 0) is 6.92 Å². The van der Waals surface area contributed by atoms with E-state index in [4.69, 9.17) is 9.63 Å². The SMILES string of the molecule is COCC(NC(=O)NCc1nc(C)no1)C(=O)O. The first-order valence-electron chi connectivity index (χ1n) is 5.08. The summed E-state index contributed by atoms with van der Waals surface area (Å²) in [6, 6.07) is -1.77. The number of aliphatic carboxylic acids is 1. The van der Waals surface area contributed by atoms with E-state index in [-0.39, 0.29) is 19.0 Å². The molecule has 0 aliphatic heterocycles. The lowest BCUT2D eigenvalue weighted by molar-refractivity contribution is -0.140. The van der Waals surface area contributed by atoms with Gasteiger partial charge in [0.2, 0.25) is 5.89 Å². The van der Waals surface area contributed by atoms with Gasteiger partial charge in [0.05, 0.1) is 13.2 Å². The summed E-state index contributed by atoms with van der Waals surface area (Å²) in [6.45, 7) is 1.54. The Labute approximate surface area is 103 Å². The number of carbonyl (C=O) groups excluding carboxylic acids is 1. The van der Waals surface area contributed by atoms with E-state index >= 15 is 0 Å². The Morgan fingerprint density at radius 1 is 1.56 bits per heavy atom. The predicted molar refractivity (Wildman–Crippen MR) is 57.7 cm³/mol. The Bertz CT molecular complexity index is 419. The zero-order valence-corrected chi connectivity index (χ0v) is 9.97. The second kappa shape index (κ2) is 6.55. The third-order valence-corrected chi connectivity index (χ3v) is 1.91. The van der Waals surface area contributed by atoms with Gasteiger partial charge in [0.1, 0.15) is 0 Å². The van der Waals surface area contributed by atoms with Gasteiger partial charge >= 0.3 is 12.0 Å². The molecule has 0 saturated heterocycles. The molecule has 9 nitrogen and oxygen atoms in total. The van der Waals surface area contributed by atoms with Crippen LogP contribution in [0.25, 0.3) is 0 Å². The van der Waals surface area contributed by atoms with Gasteiger partial charge in [0, 0.05) is 7.11 Å². The van der Waals surface area contributed by atoms with Crippen molar-refractivity contribution in [2.45, 2.75) is 19.5 Å². The van der Waals surface area contributed by atoms with E-state index < -0.39 is 18.0 Å². The van der Waals surface area contributed by atoms with Crippen molar-refractivity contribution in [3.63, 3.8) is 0 Å². The Morgan fingerprint density at radius 3 is 2.78 bits per heavy atom. The van der Waals surface area contributed by atoms with Gasteiger partial charge in [-0.25, -0.2) is 9.59 Å². The molecular formula is C9H14N4O5.